The third kappa shape index (κ3) is 2.75. The Kier molecular flexibility index (Phi) is 2.24. The van der Waals surface area contributed by atoms with Crippen molar-refractivity contribution < 1.29 is 18.3 Å². The molecule has 13 heavy (non-hydrogen) atoms. The molecule has 0 atom stereocenters. The van der Waals surface area contributed by atoms with Crippen LogP contribution in [0.1, 0.15) is 0 Å². The highest BCUT2D eigenvalue weighted by Crippen LogP contribution is 2.03. The number of carboxylic acid groups (broad SMARTS) is 1. The molecule has 0 aliphatic carbocycles. The lowest BCUT2D eigenvalue weighted by Gasteiger charge is -1.96. The summed E-state index contributed by atoms with van der Waals surface area (Å²) in [6, 6.07) is 1.25. The van der Waals surface area contributed by atoms with Crippen molar-refractivity contribution in [3.05, 3.63) is 12.3 Å². The van der Waals surface area contributed by atoms with Gasteiger partial charge >= 0.3 is 6.09 Å². The third-order valence-electron chi connectivity index (χ3n) is 1.08. The Labute approximate surface area is 74.0 Å². The number of carbonyl (C=O) groups is 1. The highest BCUT2D eigenvalue weighted by molar-refractivity contribution is 7.92. The van der Waals surface area contributed by atoms with Gasteiger partial charge in [-0.3, -0.25) is 4.72 Å². The summed E-state index contributed by atoms with van der Waals surface area (Å²) in [5.74, 6) is -0.0232. The van der Waals surface area contributed by atoms with Crippen molar-refractivity contribution in [2.24, 2.45) is 0 Å². The first kappa shape index (κ1) is 9.52. The lowest BCUT2D eigenvalue weighted by molar-refractivity contribution is 0.192. The summed E-state index contributed by atoms with van der Waals surface area (Å²) < 4.78 is 24.0. The topological polar surface area (TPSA) is 101 Å². The predicted octanol–water partition coefficient (Wildman–Crippen LogP) is -0.219. The largest absolute Gasteiger partial charge is 0.463 e. The van der Waals surface area contributed by atoms with Crippen LogP contribution in [0.15, 0.2) is 12.3 Å². The summed E-state index contributed by atoms with van der Waals surface area (Å²) >= 11 is 0. The van der Waals surface area contributed by atoms with Crippen molar-refractivity contribution in [3.8, 4) is 0 Å². The quantitative estimate of drug-likeness (QED) is 0.695. The minimum Gasteiger partial charge on any atom is -0.463 e. The van der Waals surface area contributed by atoms with Gasteiger partial charge in [-0.15, -0.1) is 5.10 Å². The van der Waals surface area contributed by atoms with Gasteiger partial charge in [0.1, 0.15) is 0 Å². The van der Waals surface area contributed by atoms with Gasteiger partial charge in [-0.1, -0.05) is 0 Å². The SMILES string of the molecule is CS(=O)(=O)Nc1ccn(C(=O)O)n1. The Bertz CT molecular complexity index is 421. The van der Waals surface area contributed by atoms with Crippen LogP contribution in [0, 0.1) is 0 Å². The number of aromatic nitrogens is 2. The van der Waals surface area contributed by atoms with Gasteiger partial charge in [0.05, 0.1) is 6.26 Å². The lowest BCUT2D eigenvalue weighted by atomic mass is 10.7. The van der Waals surface area contributed by atoms with E-state index in [0.29, 0.717) is 4.68 Å². The molecule has 0 bridgehead atoms. The van der Waals surface area contributed by atoms with Gasteiger partial charge in [-0.05, 0) is 0 Å². The molecule has 7 nitrogen and oxygen atoms in total. The average molecular weight is 205 g/mol. The molecular formula is C5H7N3O4S. The van der Waals surface area contributed by atoms with Crippen molar-refractivity contribution in [1.82, 2.24) is 9.78 Å². The molecule has 0 radical (unpaired) electrons. The average Bonchev–Trinajstić information content (AvgIpc) is 2.31. The maximum absolute atomic E-state index is 10.7. The zero-order valence-electron chi connectivity index (χ0n) is 6.63. The molecule has 72 valence electrons. The lowest BCUT2D eigenvalue weighted by Crippen LogP contribution is -2.12. The minimum absolute atomic E-state index is 0.0232. The first-order valence-electron chi connectivity index (χ1n) is 3.15. The van der Waals surface area contributed by atoms with Gasteiger partial charge < -0.3 is 5.11 Å². The van der Waals surface area contributed by atoms with Crippen molar-refractivity contribution in [2.45, 2.75) is 0 Å². The second-order valence-electron chi connectivity index (χ2n) is 2.30. The highest BCUT2D eigenvalue weighted by Gasteiger charge is 2.07. The number of anilines is 1. The molecule has 0 aliphatic heterocycles. The van der Waals surface area contributed by atoms with Crippen LogP contribution in [0.3, 0.4) is 0 Å². The second-order valence-corrected chi connectivity index (χ2v) is 4.05. The summed E-state index contributed by atoms with van der Waals surface area (Å²) in [6.07, 6.45) is 0.810. The Morgan fingerprint density at radius 1 is 1.69 bits per heavy atom. The Hall–Kier alpha value is -1.57. The van der Waals surface area contributed by atoms with Crippen LogP contribution < -0.4 is 4.72 Å². The Morgan fingerprint density at radius 3 is 2.69 bits per heavy atom. The van der Waals surface area contributed by atoms with Crippen LogP contribution in [0.25, 0.3) is 0 Å². The number of nitrogens with one attached hydrogen (secondary N) is 1. The van der Waals surface area contributed by atoms with E-state index in [1.54, 1.807) is 0 Å². The van der Waals surface area contributed by atoms with E-state index in [9.17, 15) is 13.2 Å². The fourth-order valence-electron chi connectivity index (χ4n) is 0.675. The number of hydrogen-bond acceptors (Lipinski definition) is 4. The normalized spacial score (nSPS) is 11.2. The van der Waals surface area contributed by atoms with E-state index in [1.165, 1.54) is 6.07 Å². The molecular weight excluding hydrogens is 198 g/mol. The van der Waals surface area contributed by atoms with Crippen molar-refractivity contribution in [3.63, 3.8) is 0 Å². The molecule has 2 N–H and O–H groups in total. The molecule has 0 saturated carbocycles. The fourth-order valence-corrected chi connectivity index (χ4v) is 1.16. The van der Waals surface area contributed by atoms with E-state index < -0.39 is 16.1 Å². The van der Waals surface area contributed by atoms with Gasteiger partial charge in [-0.25, -0.2) is 13.2 Å². The van der Waals surface area contributed by atoms with Crippen LogP contribution in [0.4, 0.5) is 10.6 Å². The van der Waals surface area contributed by atoms with E-state index in [0.717, 1.165) is 12.5 Å². The molecule has 0 aliphatic rings. The Balaban J connectivity index is 2.87. The first-order valence-corrected chi connectivity index (χ1v) is 5.04. The number of hydrogen-bond donors (Lipinski definition) is 2. The first-order chi connectivity index (χ1) is 5.88. The Morgan fingerprint density at radius 2 is 2.31 bits per heavy atom. The van der Waals surface area contributed by atoms with Gasteiger partial charge in [0.15, 0.2) is 5.82 Å². The monoisotopic (exact) mass is 205 g/mol. The molecule has 1 aromatic heterocycles. The molecule has 0 spiro atoms. The molecule has 1 heterocycles. The minimum atomic E-state index is -3.41. The zero-order chi connectivity index (χ0) is 10.1. The van der Waals surface area contributed by atoms with Crippen LogP contribution in [0.5, 0.6) is 0 Å². The van der Waals surface area contributed by atoms with Crippen LogP contribution in [-0.2, 0) is 10.0 Å². The van der Waals surface area contributed by atoms with E-state index in [1.807, 2.05) is 4.72 Å². The summed E-state index contributed by atoms with van der Waals surface area (Å²) in [6.45, 7) is 0. The van der Waals surface area contributed by atoms with Crippen molar-refractivity contribution >= 4 is 21.9 Å². The van der Waals surface area contributed by atoms with Gasteiger partial charge in [0.25, 0.3) is 0 Å². The van der Waals surface area contributed by atoms with Crippen LogP contribution in [0.2, 0.25) is 0 Å². The fraction of sp³-hybridized carbons (Fsp3) is 0.200. The number of sulfonamides is 1. The maximum atomic E-state index is 10.7. The molecule has 8 heteroatoms. The van der Waals surface area contributed by atoms with Gasteiger partial charge in [0.2, 0.25) is 10.0 Å². The molecule has 1 aromatic rings. The molecule has 1 rings (SSSR count). The van der Waals surface area contributed by atoms with Crippen LogP contribution in [-0.4, -0.2) is 35.7 Å². The van der Waals surface area contributed by atoms with Gasteiger partial charge in [0, 0.05) is 12.3 Å². The van der Waals surface area contributed by atoms with E-state index in [4.69, 9.17) is 5.11 Å². The molecule has 0 amide bonds. The summed E-state index contributed by atoms with van der Waals surface area (Å²) in [5, 5.41) is 11.8. The third-order valence-corrected chi connectivity index (χ3v) is 1.65. The van der Waals surface area contributed by atoms with Crippen molar-refractivity contribution in [2.75, 3.05) is 11.0 Å². The molecule has 0 unspecified atom stereocenters. The van der Waals surface area contributed by atoms with Crippen molar-refractivity contribution in [1.29, 1.82) is 0 Å². The van der Waals surface area contributed by atoms with E-state index >= 15 is 0 Å². The molecule has 0 saturated heterocycles. The number of rotatable bonds is 2. The van der Waals surface area contributed by atoms with Crippen LogP contribution >= 0.6 is 0 Å². The maximum Gasteiger partial charge on any atom is 0.432 e. The molecule has 0 fully saturated rings. The van der Waals surface area contributed by atoms with E-state index in [-0.39, 0.29) is 5.82 Å². The smallest absolute Gasteiger partial charge is 0.432 e. The highest BCUT2D eigenvalue weighted by atomic mass is 32.2. The second kappa shape index (κ2) is 3.05. The summed E-state index contributed by atoms with van der Waals surface area (Å²) in [5.41, 5.74) is 0. The standard InChI is InChI=1S/C5H7N3O4S/c1-13(11,12)7-4-2-3-8(6-4)5(9)10/h2-3H,1H3,(H,6,7)(H,9,10). The summed E-state index contributed by atoms with van der Waals surface area (Å²) in [4.78, 5) is 10.3. The number of nitrogens with zero attached hydrogens (tertiary/aromatic N) is 2. The molecule has 0 aromatic carbocycles. The van der Waals surface area contributed by atoms with Gasteiger partial charge in [-0.2, -0.15) is 4.68 Å². The summed E-state index contributed by atoms with van der Waals surface area (Å²) in [7, 11) is -3.41. The zero-order valence-corrected chi connectivity index (χ0v) is 7.45. The van der Waals surface area contributed by atoms with E-state index in [2.05, 4.69) is 5.10 Å². The predicted molar refractivity (Wildman–Crippen MR) is 44.1 cm³/mol.